The molecule has 19 heavy (non-hydrogen) atoms. The predicted molar refractivity (Wildman–Crippen MR) is 82.5 cm³/mol. The van der Waals surface area contributed by atoms with Gasteiger partial charge in [-0.05, 0) is 18.1 Å². The minimum absolute atomic E-state index is 0.0603. The highest BCUT2D eigenvalue weighted by Gasteiger charge is 2.32. The van der Waals surface area contributed by atoms with Crippen molar-refractivity contribution in [2.24, 2.45) is 5.92 Å². The topological polar surface area (TPSA) is 64.6 Å². The lowest BCUT2D eigenvalue weighted by Crippen LogP contribution is -2.39. The van der Waals surface area contributed by atoms with Crippen LogP contribution in [0.15, 0.2) is 30.3 Å². The van der Waals surface area contributed by atoms with E-state index in [0.717, 1.165) is 0 Å². The van der Waals surface area contributed by atoms with Crippen molar-refractivity contribution in [3.05, 3.63) is 30.3 Å². The van der Waals surface area contributed by atoms with Crippen LogP contribution < -0.4 is 9.61 Å². The molecule has 0 aliphatic carbocycles. The molecule has 1 unspecified atom stereocenters. The van der Waals surface area contributed by atoms with E-state index >= 15 is 0 Å². The zero-order chi connectivity index (χ0) is 14.5. The van der Waals surface area contributed by atoms with E-state index in [0.29, 0.717) is 5.75 Å². The largest absolute Gasteiger partial charge is 0.468 e. The van der Waals surface area contributed by atoms with E-state index in [1.807, 2.05) is 19.9 Å². The van der Waals surface area contributed by atoms with Gasteiger partial charge in [-0.1, -0.05) is 32.0 Å². The van der Waals surface area contributed by atoms with Gasteiger partial charge >= 0.3 is 11.1 Å². The Bertz CT molecular complexity index is 466. The number of rotatable bonds is 6. The Morgan fingerprint density at radius 1 is 1.32 bits per heavy atom. The second-order valence-corrected chi connectivity index (χ2v) is 9.47. The van der Waals surface area contributed by atoms with Gasteiger partial charge in [0.2, 0.25) is 0 Å². The third kappa shape index (κ3) is 5.50. The van der Waals surface area contributed by atoms with Gasteiger partial charge in [-0.25, -0.2) is 9.65 Å². The zero-order valence-corrected chi connectivity index (χ0v) is 14.1. The Morgan fingerprint density at radius 3 is 2.37 bits per heavy atom. The quantitative estimate of drug-likeness (QED) is 0.453. The number of ether oxygens (including phenoxy) is 1. The number of benzene rings is 1. The maximum atomic E-state index is 12.4. The van der Waals surface area contributed by atoms with Crippen molar-refractivity contribution in [1.82, 2.24) is 5.09 Å². The lowest BCUT2D eigenvalue weighted by Gasteiger charge is -2.23. The monoisotopic (exact) mass is 397 g/mol. The lowest BCUT2D eigenvalue weighted by molar-refractivity contribution is -0.143. The van der Waals surface area contributed by atoms with Crippen LogP contribution in [-0.2, 0) is 14.1 Å². The number of carbonyl (C=O) groups is 1. The molecule has 0 amide bonds. The van der Waals surface area contributed by atoms with E-state index < -0.39 is 17.2 Å². The van der Waals surface area contributed by atoms with E-state index in [1.165, 1.54) is 7.11 Å². The van der Waals surface area contributed by atoms with Crippen LogP contribution in [0.3, 0.4) is 0 Å². The SMILES string of the molecule is COC(=O)[C@@H](NP(=O)(I)Oc1ccccc1)C(C)C. The van der Waals surface area contributed by atoms with Crippen LogP contribution >= 0.6 is 27.2 Å². The zero-order valence-electron chi connectivity index (χ0n) is 11.0. The van der Waals surface area contributed by atoms with Gasteiger partial charge in [-0.3, -0.25) is 4.79 Å². The minimum Gasteiger partial charge on any atom is -0.468 e. The first-order valence-electron chi connectivity index (χ1n) is 5.75. The highest BCUT2D eigenvalue weighted by Crippen LogP contribution is 2.52. The molecule has 0 heterocycles. The molecule has 7 heteroatoms. The number of para-hydroxylation sites is 1. The smallest absolute Gasteiger partial charge is 0.374 e. The molecule has 5 nitrogen and oxygen atoms in total. The van der Waals surface area contributed by atoms with E-state index in [2.05, 4.69) is 9.82 Å². The van der Waals surface area contributed by atoms with E-state index in [9.17, 15) is 9.36 Å². The Morgan fingerprint density at radius 2 is 1.89 bits per heavy atom. The minimum atomic E-state index is -3.17. The van der Waals surface area contributed by atoms with Gasteiger partial charge in [0.1, 0.15) is 11.8 Å². The summed E-state index contributed by atoms with van der Waals surface area (Å²) in [6, 6.07) is 8.14. The molecule has 1 N–H and O–H groups in total. The molecular weight excluding hydrogens is 380 g/mol. The van der Waals surface area contributed by atoms with Crippen LogP contribution in [0.4, 0.5) is 0 Å². The molecule has 0 aromatic heterocycles. The van der Waals surface area contributed by atoms with Gasteiger partial charge in [0.15, 0.2) is 0 Å². The summed E-state index contributed by atoms with van der Waals surface area (Å²) in [5.74, 6) is -0.0291. The van der Waals surface area contributed by atoms with Gasteiger partial charge < -0.3 is 9.26 Å². The van der Waals surface area contributed by atoms with Gasteiger partial charge in [0, 0.05) is 0 Å². The van der Waals surface area contributed by atoms with Crippen molar-refractivity contribution in [3.63, 3.8) is 0 Å². The van der Waals surface area contributed by atoms with E-state index in [4.69, 9.17) is 4.52 Å². The number of carbonyl (C=O) groups excluding carboxylic acids is 1. The molecule has 1 rings (SSSR count). The molecule has 0 bridgehead atoms. The van der Waals surface area contributed by atoms with Crippen LogP contribution in [0, 0.1) is 5.92 Å². The maximum Gasteiger partial charge on any atom is 0.374 e. The molecule has 1 aromatic rings. The third-order valence-corrected chi connectivity index (χ3v) is 4.84. The molecule has 106 valence electrons. The second kappa shape index (κ2) is 7.26. The van der Waals surface area contributed by atoms with Crippen molar-refractivity contribution in [1.29, 1.82) is 0 Å². The number of hydrogen-bond acceptors (Lipinski definition) is 4. The van der Waals surface area contributed by atoms with Gasteiger partial charge in [-0.15, -0.1) is 0 Å². The molecule has 0 radical (unpaired) electrons. The molecule has 0 aliphatic rings. The van der Waals surface area contributed by atoms with Crippen LogP contribution in [0.25, 0.3) is 0 Å². The fourth-order valence-corrected chi connectivity index (χ4v) is 4.17. The van der Waals surface area contributed by atoms with Crippen LogP contribution in [-0.4, -0.2) is 19.1 Å². The van der Waals surface area contributed by atoms with Gasteiger partial charge in [-0.2, -0.15) is 0 Å². The van der Waals surface area contributed by atoms with Gasteiger partial charge in [0.25, 0.3) is 0 Å². The fourth-order valence-electron chi connectivity index (χ4n) is 1.41. The fraction of sp³-hybridized carbons (Fsp3) is 0.417. The van der Waals surface area contributed by atoms with Crippen molar-refractivity contribution < 1.29 is 18.6 Å². The third-order valence-electron chi connectivity index (χ3n) is 2.38. The summed E-state index contributed by atoms with van der Waals surface area (Å²) in [6.07, 6.45) is 0. The first-order chi connectivity index (χ1) is 8.85. The Hall–Kier alpha value is -0.590. The van der Waals surface area contributed by atoms with Crippen molar-refractivity contribution in [3.8, 4) is 5.75 Å². The molecule has 0 saturated carbocycles. The number of methoxy groups -OCH3 is 1. The first kappa shape index (κ1) is 16.5. The summed E-state index contributed by atoms with van der Waals surface area (Å²) in [6.45, 7) is 3.68. The summed E-state index contributed by atoms with van der Waals surface area (Å²) in [7, 11) is 1.30. The molecular formula is C12H17INO4P. The first-order valence-corrected chi connectivity index (χ1v) is 10.2. The molecule has 0 aliphatic heterocycles. The summed E-state index contributed by atoms with van der Waals surface area (Å²) in [4.78, 5) is 11.6. The average Bonchev–Trinajstić information content (AvgIpc) is 2.35. The number of hydrogen-bond donors (Lipinski definition) is 1. The van der Waals surface area contributed by atoms with Crippen LogP contribution in [0.1, 0.15) is 13.8 Å². The normalized spacial score (nSPS) is 15.6. The molecule has 0 saturated heterocycles. The molecule has 0 fully saturated rings. The number of halogens is 1. The maximum absolute atomic E-state index is 12.4. The standard InChI is InChI=1S/C12H17INO4P/c1-9(2)11(12(15)17-3)14-19(13,16)18-10-7-5-4-6-8-10/h4-9,11H,1-3H3,(H,14,16)/t11-,19?/m0/s1. The van der Waals surface area contributed by atoms with E-state index in [-0.39, 0.29) is 5.92 Å². The summed E-state index contributed by atoms with van der Waals surface area (Å²) >= 11 is 1.69. The summed E-state index contributed by atoms with van der Waals surface area (Å²) in [5.41, 5.74) is 0. The van der Waals surface area contributed by atoms with E-state index in [1.54, 1.807) is 46.3 Å². The molecule has 1 aromatic carbocycles. The highest BCUT2D eigenvalue weighted by molar-refractivity contribution is 14.2. The number of nitrogens with one attached hydrogen (secondary N) is 1. The Kier molecular flexibility index (Phi) is 6.29. The summed E-state index contributed by atoms with van der Waals surface area (Å²) < 4.78 is 22.5. The molecule has 2 atom stereocenters. The van der Waals surface area contributed by atoms with Crippen LogP contribution in [0.2, 0.25) is 0 Å². The average molecular weight is 397 g/mol. The van der Waals surface area contributed by atoms with Gasteiger partial charge in [0.05, 0.1) is 29.2 Å². The van der Waals surface area contributed by atoms with Crippen molar-refractivity contribution in [2.45, 2.75) is 19.9 Å². The number of esters is 1. The van der Waals surface area contributed by atoms with Crippen molar-refractivity contribution in [2.75, 3.05) is 7.11 Å². The predicted octanol–water partition coefficient (Wildman–Crippen LogP) is 3.40. The summed E-state index contributed by atoms with van der Waals surface area (Å²) in [5, 5.41) is -0.435. The van der Waals surface area contributed by atoms with Crippen LogP contribution in [0.5, 0.6) is 5.75 Å². The second-order valence-electron chi connectivity index (χ2n) is 4.26. The Balaban J connectivity index is 2.77. The highest BCUT2D eigenvalue weighted by atomic mass is 127. The Labute approximate surface area is 126 Å². The molecule has 0 spiro atoms. The van der Waals surface area contributed by atoms with Crippen molar-refractivity contribution >= 4 is 33.2 Å². The lowest BCUT2D eigenvalue weighted by atomic mass is 10.1.